The Kier molecular flexibility index (Phi) is 6.28. The van der Waals surface area contributed by atoms with Crippen molar-refractivity contribution >= 4 is 27.6 Å². The Morgan fingerprint density at radius 3 is 2.30 bits per heavy atom. The lowest BCUT2D eigenvalue weighted by molar-refractivity contribution is 0.0599. The van der Waals surface area contributed by atoms with Gasteiger partial charge < -0.3 is 19.3 Å². The molecule has 2 N–H and O–H groups in total. The second-order valence-electron chi connectivity index (χ2n) is 6.73. The minimum Gasteiger partial charge on any atom is -0.497 e. The van der Waals surface area contributed by atoms with Crippen molar-refractivity contribution in [3.05, 3.63) is 53.6 Å². The molecule has 1 aliphatic heterocycles. The largest absolute Gasteiger partial charge is 0.497 e. The first-order valence-electron chi connectivity index (χ1n) is 9.18. The van der Waals surface area contributed by atoms with Gasteiger partial charge in [0.1, 0.15) is 5.75 Å². The third-order valence-corrected chi connectivity index (χ3v) is 5.84. The van der Waals surface area contributed by atoms with E-state index in [2.05, 4.69) is 0 Å². The Labute approximate surface area is 175 Å². The van der Waals surface area contributed by atoms with Crippen molar-refractivity contribution in [3.63, 3.8) is 0 Å². The van der Waals surface area contributed by atoms with Crippen LogP contribution in [0.4, 0.5) is 5.69 Å². The van der Waals surface area contributed by atoms with Crippen molar-refractivity contribution in [2.75, 3.05) is 45.3 Å². The third-order valence-electron chi connectivity index (χ3n) is 4.93. The van der Waals surface area contributed by atoms with Gasteiger partial charge in [0, 0.05) is 31.7 Å². The van der Waals surface area contributed by atoms with Crippen molar-refractivity contribution in [2.24, 2.45) is 5.14 Å². The first-order chi connectivity index (χ1) is 14.2. The van der Waals surface area contributed by atoms with E-state index in [0.29, 0.717) is 43.2 Å². The topological polar surface area (TPSA) is 119 Å². The second-order valence-corrected chi connectivity index (χ2v) is 8.29. The number of carbonyl (C=O) groups excluding carboxylic acids is 2. The van der Waals surface area contributed by atoms with E-state index in [-0.39, 0.29) is 16.4 Å². The summed E-state index contributed by atoms with van der Waals surface area (Å²) in [6.45, 7) is 1.81. The summed E-state index contributed by atoms with van der Waals surface area (Å²) >= 11 is 0. The van der Waals surface area contributed by atoms with Gasteiger partial charge in [0.2, 0.25) is 10.0 Å². The first-order valence-corrected chi connectivity index (χ1v) is 10.7. The number of methoxy groups -OCH3 is 2. The van der Waals surface area contributed by atoms with Crippen molar-refractivity contribution in [2.45, 2.75) is 4.90 Å². The number of anilines is 1. The Hall–Kier alpha value is -3.11. The highest BCUT2D eigenvalue weighted by molar-refractivity contribution is 7.89. The van der Waals surface area contributed by atoms with Crippen LogP contribution < -0.4 is 14.8 Å². The van der Waals surface area contributed by atoms with Crippen LogP contribution in [0.2, 0.25) is 0 Å². The molecule has 3 rings (SSSR count). The molecule has 0 aliphatic carbocycles. The Morgan fingerprint density at radius 1 is 1.00 bits per heavy atom. The van der Waals surface area contributed by atoms with Gasteiger partial charge in [-0.15, -0.1) is 0 Å². The van der Waals surface area contributed by atoms with Gasteiger partial charge in [0.25, 0.3) is 5.91 Å². The monoisotopic (exact) mass is 433 g/mol. The van der Waals surface area contributed by atoms with Crippen LogP contribution in [0.1, 0.15) is 20.7 Å². The molecule has 0 aromatic heterocycles. The summed E-state index contributed by atoms with van der Waals surface area (Å²) in [5, 5.41) is 5.18. The van der Waals surface area contributed by atoms with Gasteiger partial charge in [-0.2, -0.15) is 0 Å². The van der Waals surface area contributed by atoms with E-state index >= 15 is 0 Å². The first kappa shape index (κ1) is 21.6. The summed E-state index contributed by atoms with van der Waals surface area (Å²) in [7, 11) is -1.19. The highest BCUT2D eigenvalue weighted by Gasteiger charge is 2.26. The minimum absolute atomic E-state index is 0.105. The van der Waals surface area contributed by atoms with Gasteiger partial charge in [-0.1, -0.05) is 6.07 Å². The molecule has 1 saturated heterocycles. The fourth-order valence-electron chi connectivity index (χ4n) is 3.33. The number of hydrogen-bond donors (Lipinski definition) is 1. The summed E-state index contributed by atoms with van der Waals surface area (Å²) in [6.07, 6.45) is 0. The maximum atomic E-state index is 12.8. The molecule has 30 heavy (non-hydrogen) atoms. The van der Waals surface area contributed by atoms with Crippen LogP contribution in [0.25, 0.3) is 0 Å². The number of ether oxygens (including phenoxy) is 2. The van der Waals surface area contributed by atoms with Crippen LogP contribution in [0, 0.1) is 0 Å². The SMILES string of the molecule is COC(=O)c1cc(S(N)(=O)=O)ccc1N1CCN(C(=O)c2cccc(OC)c2)CC1. The lowest BCUT2D eigenvalue weighted by Crippen LogP contribution is -2.49. The second kappa shape index (κ2) is 8.72. The average molecular weight is 433 g/mol. The molecule has 0 saturated carbocycles. The van der Waals surface area contributed by atoms with E-state index in [1.54, 1.807) is 36.3 Å². The van der Waals surface area contributed by atoms with E-state index in [4.69, 9.17) is 14.6 Å². The Bertz CT molecular complexity index is 1060. The highest BCUT2D eigenvalue weighted by atomic mass is 32.2. The van der Waals surface area contributed by atoms with E-state index in [1.165, 1.54) is 25.3 Å². The van der Waals surface area contributed by atoms with Gasteiger partial charge in [0.15, 0.2) is 0 Å². The van der Waals surface area contributed by atoms with E-state index in [1.807, 2.05) is 4.90 Å². The molecule has 1 heterocycles. The summed E-state index contributed by atoms with van der Waals surface area (Å²) in [5.41, 5.74) is 1.18. The predicted molar refractivity (Wildman–Crippen MR) is 110 cm³/mol. The van der Waals surface area contributed by atoms with Crippen LogP contribution >= 0.6 is 0 Å². The third kappa shape index (κ3) is 4.55. The summed E-state index contributed by atoms with van der Waals surface area (Å²) in [6, 6.07) is 11.1. The summed E-state index contributed by atoms with van der Waals surface area (Å²) < 4.78 is 33.3. The number of nitrogens with zero attached hydrogens (tertiary/aromatic N) is 2. The molecular formula is C20H23N3O6S. The van der Waals surface area contributed by atoms with Gasteiger partial charge in [-0.25, -0.2) is 18.4 Å². The van der Waals surface area contributed by atoms with Crippen molar-refractivity contribution in [1.82, 2.24) is 4.90 Å². The van der Waals surface area contributed by atoms with Crippen LogP contribution in [0.15, 0.2) is 47.4 Å². The fraction of sp³-hybridized carbons (Fsp3) is 0.300. The lowest BCUT2D eigenvalue weighted by Gasteiger charge is -2.36. The number of nitrogens with two attached hydrogens (primary N) is 1. The fourth-order valence-corrected chi connectivity index (χ4v) is 3.87. The molecule has 160 valence electrons. The van der Waals surface area contributed by atoms with Crippen molar-refractivity contribution in [3.8, 4) is 5.75 Å². The number of piperazine rings is 1. The zero-order valence-electron chi connectivity index (χ0n) is 16.7. The minimum atomic E-state index is -3.96. The normalized spacial score (nSPS) is 14.4. The Morgan fingerprint density at radius 2 is 1.70 bits per heavy atom. The van der Waals surface area contributed by atoms with Crippen LogP contribution in [0.5, 0.6) is 5.75 Å². The molecule has 0 unspecified atom stereocenters. The number of hydrogen-bond acceptors (Lipinski definition) is 7. The maximum absolute atomic E-state index is 12.8. The van der Waals surface area contributed by atoms with Crippen LogP contribution in [0.3, 0.4) is 0 Å². The number of primary sulfonamides is 1. The molecule has 0 bridgehead atoms. The maximum Gasteiger partial charge on any atom is 0.340 e. The smallest absolute Gasteiger partial charge is 0.340 e. The molecule has 9 nitrogen and oxygen atoms in total. The molecule has 10 heteroatoms. The number of benzene rings is 2. The van der Waals surface area contributed by atoms with Gasteiger partial charge in [0.05, 0.1) is 30.4 Å². The summed E-state index contributed by atoms with van der Waals surface area (Å²) in [5.74, 6) is -0.158. The number of amides is 1. The van der Waals surface area contributed by atoms with Gasteiger partial charge >= 0.3 is 5.97 Å². The van der Waals surface area contributed by atoms with E-state index in [0.717, 1.165) is 0 Å². The molecule has 1 fully saturated rings. The Balaban J connectivity index is 1.78. The molecule has 2 aromatic rings. The van der Waals surface area contributed by atoms with E-state index in [9.17, 15) is 18.0 Å². The highest BCUT2D eigenvalue weighted by Crippen LogP contribution is 2.26. The number of carbonyl (C=O) groups is 2. The number of esters is 1. The molecule has 2 aromatic carbocycles. The number of sulfonamides is 1. The quantitative estimate of drug-likeness (QED) is 0.701. The lowest BCUT2D eigenvalue weighted by atomic mass is 10.1. The number of rotatable bonds is 5. The predicted octanol–water partition coefficient (Wildman–Crippen LogP) is 1.09. The molecule has 1 aliphatic rings. The van der Waals surface area contributed by atoms with Crippen molar-refractivity contribution in [1.29, 1.82) is 0 Å². The molecular weight excluding hydrogens is 410 g/mol. The molecule has 0 radical (unpaired) electrons. The van der Waals surface area contributed by atoms with Gasteiger partial charge in [-0.05, 0) is 36.4 Å². The van der Waals surface area contributed by atoms with Gasteiger partial charge in [-0.3, -0.25) is 4.79 Å². The summed E-state index contributed by atoms with van der Waals surface area (Å²) in [4.78, 5) is 28.5. The molecule has 1 amide bonds. The standard InChI is InChI=1S/C20H23N3O6S/c1-28-15-5-3-4-14(12-15)19(24)23-10-8-22(9-11-23)18-7-6-16(30(21,26)27)13-17(18)20(25)29-2/h3-7,12-13H,8-11H2,1-2H3,(H2,21,26,27). The zero-order chi connectivity index (χ0) is 21.9. The molecule has 0 atom stereocenters. The van der Waals surface area contributed by atoms with Crippen LogP contribution in [-0.2, 0) is 14.8 Å². The van der Waals surface area contributed by atoms with Crippen LogP contribution in [-0.4, -0.2) is 65.6 Å². The van der Waals surface area contributed by atoms with Crippen molar-refractivity contribution < 1.29 is 27.5 Å². The van der Waals surface area contributed by atoms with E-state index < -0.39 is 16.0 Å². The zero-order valence-corrected chi connectivity index (χ0v) is 17.5. The molecule has 0 spiro atoms. The average Bonchev–Trinajstić information content (AvgIpc) is 2.77.